The molecule has 1 atom stereocenters. The first-order valence-corrected chi connectivity index (χ1v) is 9.38. The van der Waals surface area contributed by atoms with Crippen molar-refractivity contribution in [3.63, 3.8) is 0 Å². The fourth-order valence-corrected chi connectivity index (χ4v) is 3.42. The molecule has 1 fully saturated rings. The maximum Gasteiger partial charge on any atom is 0.318 e. The van der Waals surface area contributed by atoms with Crippen LogP contribution in [0.25, 0.3) is 0 Å². The van der Waals surface area contributed by atoms with Crippen molar-refractivity contribution >= 4 is 23.1 Å². The van der Waals surface area contributed by atoms with E-state index in [0.29, 0.717) is 12.6 Å². The molecule has 2 amide bonds. The lowest BCUT2D eigenvalue weighted by Gasteiger charge is -2.29. The topological polar surface area (TPSA) is 35.6 Å². The number of para-hydroxylation sites is 1. The highest BCUT2D eigenvalue weighted by Crippen LogP contribution is 2.29. The number of rotatable bonds is 7. The van der Waals surface area contributed by atoms with Crippen LogP contribution < -0.4 is 10.2 Å². The first kappa shape index (κ1) is 16.8. The fourth-order valence-electron chi connectivity index (χ4n) is 2.71. The van der Waals surface area contributed by atoms with Gasteiger partial charge in [0.1, 0.15) is 0 Å². The molecule has 1 aliphatic carbocycles. The molecule has 1 aromatic carbocycles. The van der Waals surface area contributed by atoms with E-state index in [1.54, 1.807) is 11.3 Å². The van der Waals surface area contributed by atoms with Gasteiger partial charge in [0.05, 0.1) is 6.54 Å². The Bertz CT molecular complexity index is 640. The minimum absolute atomic E-state index is 0.0548. The zero-order valence-corrected chi connectivity index (χ0v) is 15.1. The van der Waals surface area contributed by atoms with Crippen molar-refractivity contribution in [3.05, 3.63) is 52.7 Å². The van der Waals surface area contributed by atoms with Crippen LogP contribution in [0, 0.1) is 0 Å². The molecule has 0 bridgehead atoms. The SMILES string of the molecule is CC(CNC(=O)N(Cc1cccs1)C1CC1)N(C)c1ccccc1. The largest absolute Gasteiger partial charge is 0.370 e. The molecule has 1 aliphatic rings. The zero-order valence-electron chi connectivity index (χ0n) is 14.3. The predicted molar refractivity (Wildman–Crippen MR) is 101 cm³/mol. The van der Waals surface area contributed by atoms with Gasteiger partial charge in [0.2, 0.25) is 0 Å². The number of amides is 2. The monoisotopic (exact) mass is 343 g/mol. The highest BCUT2D eigenvalue weighted by molar-refractivity contribution is 7.09. The summed E-state index contributed by atoms with van der Waals surface area (Å²) in [6, 6.07) is 15.1. The van der Waals surface area contributed by atoms with E-state index in [1.165, 1.54) is 4.88 Å². The van der Waals surface area contributed by atoms with E-state index < -0.39 is 0 Å². The summed E-state index contributed by atoms with van der Waals surface area (Å²) < 4.78 is 0. The maximum atomic E-state index is 12.6. The predicted octanol–water partition coefficient (Wildman–Crippen LogP) is 3.95. The Hall–Kier alpha value is -2.01. The molecule has 0 aliphatic heterocycles. The fraction of sp³-hybridized carbons (Fsp3) is 0.421. The molecule has 0 saturated heterocycles. The Balaban J connectivity index is 1.53. The molecule has 0 spiro atoms. The average Bonchev–Trinajstić information content (AvgIpc) is 3.33. The van der Waals surface area contributed by atoms with Crippen molar-refractivity contribution in [1.82, 2.24) is 10.2 Å². The number of hydrogen-bond donors (Lipinski definition) is 1. The molecule has 3 rings (SSSR count). The Morgan fingerprint density at radius 3 is 2.62 bits per heavy atom. The minimum Gasteiger partial charge on any atom is -0.370 e. The molecular formula is C19H25N3OS. The molecule has 128 valence electrons. The average molecular weight is 343 g/mol. The number of hydrogen-bond acceptors (Lipinski definition) is 3. The van der Waals surface area contributed by atoms with E-state index in [0.717, 1.165) is 25.1 Å². The summed E-state index contributed by atoms with van der Waals surface area (Å²) in [7, 11) is 2.07. The van der Waals surface area contributed by atoms with Gasteiger partial charge in [-0.2, -0.15) is 0 Å². The quantitative estimate of drug-likeness (QED) is 0.826. The summed E-state index contributed by atoms with van der Waals surface area (Å²) >= 11 is 1.71. The third kappa shape index (κ3) is 4.29. The summed E-state index contributed by atoms with van der Waals surface area (Å²) in [5, 5.41) is 5.18. The van der Waals surface area contributed by atoms with Crippen LogP contribution in [0.4, 0.5) is 10.5 Å². The summed E-state index contributed by atoms with van der Waals surface area (Å²) in [5.74, 6) is 0. The minimum atomic E-state index is 0.0548. The lowest BCUT2D eigenvalue weighted by molar-refractivity contribution is 0.192. The third-order valence-corrected chi connectivity index (χ3v) is 5.39. The summed E-state index contributed by atoms with van der Waals surface area (Å²) in [6.07, 6.45) is 2.25. The maximum absolute atomic E-state index is 12.6. The van der Waals surface area contributed by atoms with Crippen LogP contribution in [0.3, 0.4) is 0 Å². The molecule has 1 heterocycles. The van der Waals surface area contributed by atoms with Crippen LogP contribution in [0.1, 0.15) is 24.6 Å². The van der Waals surface area contributed by atoms with E-state index in [2.05, 4.69) is 47.8 Å². The number of thiophene rings is 1. The number of nitrogens with one attached hydrogen (secondary N) is 1. The normalized spacial score (nSPS) is 14.9. The first-order valence-electron chi connectivity index (χ1n) is 8.50. The Kier molecular flexibility index (Phi) is 5.41. The van der Waals surface area contributed by atoms with Gasteiger partial charge < -0.3 is 15.1 Å². The highest BCUT2D eigenvalue weighted by atomic mass is 32.1. The van der Waals surface area contributed by atoms with Crippen molar-refractivity contribution in [3.8, 4) is 0 Å². The van der Waals surface area contributed by atoms with E-state index in [4.69, 9.17) is 0 Å². The first-order chi connectivity index (χ1) is 11.6. The third-order valence-electron chi connectivity index (χ3n) is 4.53. The number of carbonyl (C=O) groups is 1. The molecule has 1 saturated carbocycles. The van der Waals surface area contributed by atoms with Crippen molar-refractivity contribution < 1.29 is 4.79 Å². The standard InChI is InChI=1S/C19H25N3OS/c1-15(21(2)16-7-4-3-5-8-16)13-20-19(23)22(17-10-11-17)14-18-9-6-12-24-18/h3-9,12,15,17H,10-11,13-14H2,1-2H3,(H,20,23). The molecule has 24 heavy (non-hydrogen) atoms. The van der Waals surface area contributed by atoms with Crippen molar-refractivity contribution in [2.24, 2.45) is 0 Å². The van der Waals surface area contributed by atoms with E-state index in [-0.39, 0.29) is 12.1 Å². The molecule has 1 aromatic heterocycles. The van der Waals surface area contributed by atoms with Crippen LogP contribution in [-0.4, -0.2) is 36.6 Å². The zero-order chi connectivity index (χ0) is 16.9. The van der Waals surface area contributed by atoms with Gasteiger partial charge in [0.15, 0.2) is 0 Å². The number of nitrogens with zero attached hydrogens (tertiary/aromatic N) is 2. The van der Waals surface area contributed by atoms with Crippen LogP contribution in [-0.2, 0) is 6.54 Å². The number of carbonyl (C=O) groups excluding carboxylic acids is 1. The second kappa shape index (κ2) is 7.71. The van der Waals surface area contributed by atoms with Crippen LogP contribution in [0.2, 0.25) is 0 Å². The van der Waals surface area contributed by atoms with E-state index in [1.807, 2.05) is 29.2 Å². The highest BCUT2D eigenvalue weighted by Gasteiger charge is 2.32. The van der Waals surface area contributed by atoms with E-state index in [9.17, 15) is 4.79 Å². The van der Waals surface area contributed by atoms with Crippen LogP contribution in [0.5, 0.6) is 0 Å². The lowest BCUT2D eigenvalue weighted by atomic mass is 10.2. The van der Waals surface area contributed by atoms with Crippen molar-refractivity contribution in [2.45, 2.75) is 38.4 Å². The van der Waals surface area contributed by atoms with Gasteiger partial charge in [-0.05, 0) is 43.3 Å². The smallest absolute Gasteiger partial charge is 0.318 e. The second-order valence-corrected chi connectivity index (χ2v) is 7.45. The molecule has 2 aromatic rings. The molecule has 4 nitrogen and oxygen atoms in total. The van der Waals surface area contributed by atoms with Crippen molar-refractivity contribution in [1.29, 1.82) is 0 Å². The Labute approximate surface area is 148 Å². The second-order valence-electron chi connectivity index (χ2n) is 6.42. The number of likely N-dealkylation sites (N-methyl/N-ethyl adjacent to an activating group) is 1. The number of urea groups is 1. The molecule has 1 unspecified atom stereocenters. The van der Waals surface area contributed by atoms with Crippen LogP contribution >= 0.6 is 11.3 Å². The van der Waals surface area contributed by atoms with Gasteiger partial charge in [-0.25, -0.2) is 4.79 Å². The molecule has 0 radical (unpaired) electrons. The van der Waals surface area contributed by atoms with Gasteiger partial charge in [-0.1, -0.05) is 24.3 Å². The van der Waals surface area contributed by atoms with Gasteiger partial charge in [-0.15, -0.1) is 11.3 Å². The Morgan fingerprint density at radius 2 is 2.00 bits per heavy atom. The Morgan fingerprint density at radius 1 is 1.25 bits per heavy atom. The summed E-state index contributed by atoms with van der Waals surface area (Å²) in [4.78, 5) is 18.0. The van der Waals surface area contributed by atoms with Crippen molar-refractivity contribution in [2.75, 3.05) is 18.5 Å². The van der Waals surface area contributed by atoms with Gasteiger partial charge in [-0.3, -0.25) is 0 Å². The van der Waals surface area contributed by atoms with E-state index >= 15 is 0 Å². The summed E-state index contributed by atoms with van der Waals surface area (Å²) in [5.41, 5.74) is 1.16. The molecular weight excluding hydrogens is 318 g/mol. The lowest BCUT2D eigenvalue weighted by Crippen LogP contribution is -2.46. The van der Waals surface area contributed by atoms with Gasteiger partial charge in [0.25, 0.3) is 0 Å². The number of benzene rings is 1. The van der Waals surface area contributed by atoms with Gasteiger partial charge >= 0.3 is 6.03 Å². The van der Waals surface area contributed by atoms with Gasteiger partial charge in [0, 0.05) is 36.2 Å². The number of anilines is 1. The van der Waals surface area contributed by atoms with Crippen LogP contribution in [0.15, 0.2) is 47.8 Å². The molecule has 1 N–H and O–H groups in total. The molecule has 5 heteroatoms. The summed E-state index contributed by atoms with van der Waals surface area (Å²) in [6.45, 7) is 3.49.